The number of pyridine rings is 1. The number of aryl methyl sites for hydroxylation is 1. The number of aliphatic carboxylic acids is 1. The monoisotopic (exact) mass is 734 g/mol. The molecule has 0 unspecified atom stereocenters. The number of hydrogen-bond acceptors (Lipinski definition) is 10. The number of hydrogen-bond donors (Lipinski definition) is 5. The number of hydrazine groups is 1. The summed E-state index contributed by atoms with van der Waals surface area (Å²) in [5.41, 5.74) is 4.62. The second-order valence-electron chi connectivity index (χ2n) is 11.5. The van der Waals surface area contributed by atoms with Crippen molar-refractivity contribution in [2.45, 2.75) is 30.7 Å². The number of rotatable bonds is 12. The molecule has 18 heteroatoms. The molecule has 2 heterocycles. The van der Waals surface area contributed by atoms with Gasteiger partial charge >= 0.3 is 11.7 Å². The highest BCUT2D eigenvalue weighted by atomic mass is 32.2. The molecule has 0 fully saturated rings. The molecule has 0 bridgehead atoms. The fourth-order valence-electron chi connectivity index (χ4n) is 5.12. The van der Waals surface area contributed by atoms with Crippen molar-refractivity contribution in [1.29, 1.82) is 0 Å². The number of anilines is 2. The molecule has 2 aromatic heterocycles. The third-order valence-electron chi connectivity index (χ3n) is 8.01. The number of nitrogens with zero attached hydrogens (tertiary/aromatic N) is 4. The highest BCUT2D eigenvalue weighted by Crippen LogP contribution is 2.24. The summed E-state index contributed by atoms with van der Waals surface area (Å²) in [5, 5.41) is 13.4. The van der Waals surface area contributed by atoms with E-state index in [1.165, 1.54) is 89.8 Å². The molecule has 0 aliphatic heterocycles. The second-order valence-corrected chi connectivity index (χ2v) is 13.2. The van der Waals surface area contributed by atoms with E-state index in [1.807, 2.05) is 11.6 Å². The molecule has 0 radical (unpaired) electrons. The number of carbonyl (C=O) groups excluding carboxylic acids is 1. The SMILES string of the molecule is CC/C(N)=C/N(N)c1ccc(S(=O)(=O)Nc2cc(F)c(C(=O)N[C@@H](Cc3ccc(-n4c(=O)c5ccncc5n(C)c4=O)cc3)C(=O)O)cc2F)cc1. The van der Waals surface area contributed by atoms with Crippen LogP contribution in [0, 0.1) is 11.6 Å². The molecule has 5 aromatic rings. The summed E-state index contributed by atoms with van der Waals surface area (Å²) in [6.07, 6.45) is 4.48. The number of benzene rings is 3. The first-order chi connectivity index (χ1) is 24.6. The lowest BCUT2D eigenvalue weighted by Gasteiger charge is -2.17. The standard InChI is InChI=1S/C34H32F2N8O7S/c1-3-20(37)18-43(38)21-8-10-23(11-9-21)52(50,51)41-28-16-26(35)25(15-27(28)36)31(45)40-29(33(47)48)14-19-4-6-22(7-5-19)44-32(46)24-12-13-39-17-30(24)42(2)34(44)49/h4-13,15-18,29,41H,3,14,37-38H2,1-2H3,(H,40,45)(H,47,48)/b20-18-/t29-/m0/s1. The molecule has 1 amide bonds. The number of amides is 1. The van der Waals surface area contributed by atoms with Crippen molar-refractivity contribution in [3.63, 3.8) is 0 Å². The lowest BCUT2D eigenvalue weighted by molar-refractivity contribution is -0.139. The minimum Gasteiger partial charge on any atom is -0.480 e. The average molecular weight is 735 g/mol. The van der Waals surface area contributed by atoms with Crippen molar-refractivity contribution in [3.8, 4) is 5.69 Å². The number of halogens is 2. The number of fused-ring (bicyclic) bond motifs is 1. The molecule has 0 aliphatic carbocycles. The van der Waals surface area contributed by atoms with Crippen LogP contribution in [0.5, 0.6) is 0 Å². The first kappa shape index (κ1) is 36.9. The predicted octanol–water partition coefficient (Wildman–Crippen LogP) is 2.48. The van der Waals surface area contributed by atoms with Gasteiger partial charge in [-0.05, 0) is 60.5 Å². The van der Waals surface area contributed by atoms with Crippen LogP contribution in [-0.2, 0) is 28.3 Å². The van der Waals surface area contributed by atoms with Crippen molar-refractivity contribution in [2.24, 2.45) is 18.6 Å². The largest absolute Gasteiger partial charge is 0.480 e. The van der Waals surface area contributed by atoms with E-state index >= 15 is 8.78 Å². The van der Waals surface area contributed by atoms with Gasteiger partial charge in [-0.2, -0.15) is 0 Å². The van der Waals surface area contributed by atoms with E-state index in [1.54, 1.807) is 0 Å². The average Bonchev–Trinajstić information content (AvgIpc) is 3.12. The van der Waals surface area contributed by atoms with Gasteiger partial charge < -0.3 is 16.2 Å². The minimum absolute atomic E-state index is 0.196. The predicted molar refractivity (Wildman–Crippen MR) is 188 cm³/mol. The number of carboxylic acid groups (broad SMARTS) is 1. The zero-order valence-corrected chi connectivity index (χ0v) is 28.4. The van der Waals surface area contributed by atoms with Gasteiger partial charge in [0, 0.05) is 37.6 Å². The summed E-state index contributed by atoms with van der Waals surface area (Å²) < 4.78 is 60.2. The Balaban J connectivity index is 1.30. The van der Waals surface area contributed by atoms with Crippen LogP contribution in [0.15, 0.2) is 106 Å². The molecule has 3 aromatic carbocycles. The normalized spacial score (nSPS) is 12.4. The maximum atomic E-state index is 15.1. The molecule has 0 saturated carbocycles. The second kappa shape index (κ2) is 14.8. The Bertz CT molecular complexity index is 2450. The van der Waals surface area contributed by atoms with E-state index in [-0.39, 0.29) is 22.4 Å². The quantitative estimate of drug-likeness (QED) is 0.0925. The fraction of sp³-hybridized carbons (Fsp3) is 0.147. The van der Waals surface area contributed by atoms with E-state index in [2.05, 4.69) is 10.3 Å². The highest BCUT2D eigenvalue weighted by molar-refractivity contribution is 7.92. The molecule has 7 N–H and O–H groups in total. The fourth-order valence-corrected chi connectivity index (χ4v) is 6.18. The van der Waals surface area contributed by atoms with Gasteiger partial charge in [-0.3, -0.25) is 28.9 Å². The van der Waals surface area contributed by atoms with Gasteiger partial charge in [-0.1, -0.05) is 19.1 Å². The van der Waals surface area contributed by atoms with Crippen molar-refractivity contribution in [1.82, 2.24) is 19.4 Å². The first-order valence-corrected chi connectivity index (χ1v) is 16.9. The summed E-state index contributed by atoms with van der Waals surface area (Å²) >= 11 is 0. The number of sulfonamides is 1. The summed E-state index contributed by atoms with van der Waals surface area (Å²) in [6.45, 7) is 1.82. The van der Waals surface area contributed by atoms with Crippen molar-refractivity contribution < 1.29 is 31.9 Å². The minimum atomic E-state index is -4.43. The van der Waals surface area contributed by atoms with E-state index < -0.39 is 62.1 Å². The molecule has 0 spiro atoms. The third kappa shape index (κ3) is 7.67. The van der Waals surface area contributed by atoms with Gasteiger partial charge in [0.25, 0.3) is 21.5 Å². The van der Waals surface area contributed by atoms with Crippen molar-refractivity contribution in [2.75, 3.05) is 9.73 Å². The number of carboxylic acids is 1. The van der Waals surface area contributed by atoms with Crippen LogP contribution in [0.4, 0.5) is 20.2 Å². The van der Waals surface area contributed by atoms with E-state index in [9.17, 15) is 32.7 Å². The topological polar surface area (TPSA) is 225 Å². The Labute approximate surface area is 294 Å². The van der Waals surface area contributed by atoms with Crippen LogP contribution in [0.25, 0.3) is 16.6 Å². The smallest absolute Gasteiger partial charge is 0.335 e. The van der Waals surface area contributed by atoms with Gasteiger partial charge in [-0.25, -0.2) is 37.2 Å². The maximum absolute atomic E-state index is 15.1. The van der Waals surface area contributed by atoms with Crippen LogP contribution in [-0.4, -0.2) is 45.6 Å². The van der Waals surface area contributed by atoms with Crippen LogP contribution in [0.1, 0.15) is 29.3 Å². The molecular weight excluding hydrogens is 702 g/mol. The number of nitrogens with two attached hydrogens (primary N) is 2. The Morgan fingerprint density at radius 3 is 2.35 bits per heavy atom. The van der Waals surface area contributed by atoms with Crippen LogP contribution in [0.2, 0.25) is 0 Å². The molecule has 1 atom stereocenters. The number of carbonyl (C=O) groups is 2. The van der Waals surface area contributed by atoms with Gasteiger partial charge in [-0.15, -0.1) is 0 Å². The number of allylic oxidation sites excluding steroid dienone is 1. The first-order valence-electron chi connectivity index (χ1n) is 15.4. The molecule has 15 nitrogen and oxygen atoms in total. The summed E-state index contributed by atoms with van der Waals surface area (Å²) in [5.74, 6) is 0.476. The maximum Gasteiger partial charge on any atom is 0.335 e. The van der Waals surface area contributed by atoms with Crippen LogP contribution in [0.3, 0.4) is 0 Å². The van der Waals surface area contributed by atoms with E-state index in [4.69, 9.17) is 11.6 Å². The van der Waals surface area contributed by atoms with Crippen molar-refractivity contribution >= 4 is 44.2 Å². The molecule has 0 saturated heterocycles. The third-order valence-corrected chi connectivity index (χ3v) is 9.40. The molecule has 5 rings (SSSR count). The highest BCUT2D eigenvalue weighted by Gasteiger charge is 2.26. The van der Waals surface area contributed by atoms with Crippen LogP contribution < -0.4 is 37.9 Å². The molecule has 52 heavy (non-hydrogen) atoms. The zero-order chi connectivity index (χ0) is 37.9. The lowest BCUT2D eigenvalue weighted by Crippen LogP contribution is -2.42. The zero-order valence-electron chi connectivity index (χ0n) is 27.6. The van der Waals surface area contributed by atoms with Gasteiger partial charge in [0.05, 0.1) is 44.6 Å². The number of nitrogens with one attached hydrogen (secondary N) is 2. The van der Waals surface area contributed by atoms with Crippen LogP contribution >= 0.6 is 0 Å². The Morgan fingerprint density at radius 1 is 1.04 bits per heavy atom. The summed E-state index contributed by atoms with van der Waals surface area (Å²) in [4.78, 5) is 54.7. The molecular formula is C34H32F2N8O7S. The lowest BCUT2D eigenvalue weighted by atomic mass is 10.0. The summed E-state index contributed by atoms with van der Waals surface area (Å²) in [6, 6.07) is 11.6. The Hall–Kier alpha value is -6.40. The van der Waals surface area contributed by atoms with Gasteiger partial charge in [0.2, 0.25) is 0 Å². The molecule has 270 valence electrons. The number of aromatic nitrogens is 3. The van der Waals surface area contributed by atoms with Gasteiger partial charge in [0.15, 0.2) is 0 Å². The van der Waals surface area contributed by atoms with E-state index in [0.717, 1.165) is 4.57 Å². The van der Waals surface area contributed by atoms with Crippen molar-refractivity contribution in [3.05, 3.63) is 135 Å². The van der Waals surface area contributed by atoms with Gasteiger partial charge in [0.1, 0.15) is 17.7 Å². The van der Waals surface area contributed by atoms with E-state index in [0.29, 0.717) is 41.0 Å². The molecule has 0 aliphatic rings. The Morgan fingerprint density at radius 2 is 1.71 bits per heavy atom. The Kier molecular flexibility index (Phi) is 10.5. The summed E-state index contributed by atoms with van der Waals surface area (Å²) in [7, 11) is -2.95.